The minimum absolute atomic E-state index is 0.0551. The van der Waals surface area contributed by atoms with Crippen molar-refractivity contribution in [1.82, 2.24) is 15.1 Å². The molecular formula is C20H25FN4O3. The highest BCUT2D eigenvalue weighted by atomic mass is 19.1. The molecule has 1 N–H and O–H groups in total. The predicted octanol–water partition coefficient (Wildman–Crippen LogP) is 2.54. The zero-order chi connectivity index (χ0) is 19.8. The van der Waals surface area contributed by atoms with Crippen molar-refractivity contribution in [1.29, 1.82) is 0 Å². The third-order valence-corrected chi connectivity index (χ3v) is 5.50. The van der Waals surface area contributed by atoms with E-state index in [-0.39, 0.29) is 23.9 Å². The number of amides is 1. The van der Waals surface area contributed by atoms with Crippen molar-refractivity contribution in [3.63, 3.8) is 0 Å². The number of ether oxygens (including phenoxy) is 2. The van der Waals surface area contributed by atoms with Crippen LogP contribution in [0.1, 0.15) is 41.7 Å². The molecule has 2 aromatic rings. The van der Waals surface area contributed by atoms with Crippen LogP contribution in [0.5, 0.6) is 5.75 Å². The van der Waals surface area contributed by atoms with Gasteiger partial charge in [0.1, 0.15) is 11.6 Å². The number of fused-ring (bicyclic) bond motifs is 1. The minimum atomic E-state index is -0.287. The number of H-pyrrole nitrogens is 1. The standard InChI is InChI=1S/C20H25FN4O3/c1-12-10-15-18(13(2)28-12)22-23-19(15)20(26)25-8-6-24(7-9-25)17-11-14(27-3)4-5-16(17)21/h4-5,11-13H,6-10H2,1-3H3,(H,22,23)/t12-,13+/m0/s1. The van der Waals surface area contributed by atoms with E-state index >= 15 is 0 Å². The van der Waals surface area contributed by atoms with Gasteiger partial charge >= 0.3 is 0 Å². The maximum absolute atomic E-state index is 14.2. The molecule has 0 unspecified atom stereocenters. The number of hydrogen-bond acceptors (Lipinski definition) is 5. The van der Waals surface area contributed by atoms with Gasteiger partial charge in [-0.1, -0.05) is 0 Å². The van der Waals surface area contributed by atoms with Crippen molar-refractivity contribution in [2.24, 2.45) is 0 Å². The van der Waals surface area contributed by atoms with E-state index in [9.17, 15) is 9.18 Å². The molecule has 0 radical (unpaired) electrons. The molecular weight excluding hydrogens is 363 g/mol. The Bertz CT molecular complexity index is 876. The highest BCUT2D eigenvalue weighted by Crippen LogP contribution is 2.31. The average Bonchev–Trinajstić information content (AvgIpc) is 3.12. The van der Waals surface area contributed by atoms with E-state index in [1.165, 1.54) is 6.07 Å². The number of anilines is 1. The van der Waals surface area contributed by atoms with Gasteiger partial charge in [-0.25, -0.2) is 4.39 Å². The number of carbonyl (C=O) groups excluding carboxylic acids is 1. The molecule has 1 saturated heterocycles. The maximum atomic E-state index is 14.2. The molecule has 7 nitrogen and oxygen atoms in total. The quantitative estimate of drug-likeness (QED) is 0.875. The Labute approximate surface area is 163 Å². The van der Waals surface area contributed by atoms with Crippen molar-refractivity contribution < 1.29 is 18.7 Å². The van der Waals surface area contributed by atoms with Crippen LogP contribution in [0.3, 0.4) is 0 Å². The Kier molecular flexibility index (Phi) is 4.97. The SMILES string of the molecule is COc1ccc(F)c(N2CCN(C(=O)c3n[nH]c4c3C[C@H](C)O[C@@H]4C)CC2)c1. The number of piperazine rings is 1. The first-order valence-electron chi connectivity index (χ1n) is 9.58. The summed E-state index contributed by atoms with van der Waals surface area (Å²) in [5.74, 6) is 0.248. The van der Waals surface area contributed by atoms with Crippen LogP contribution in [0, 0.1) is 5.82 Å². The van der Waals surface area contributed by atoms with Gasteiger partial charge < -0.3 is 19.3 Å². The first-order chi connectivity index (χ1) is 13.5. The fourth-order valence-corrected chi connectivity index (χ4v) is 4.01. The molecule has 1 aromatic heterocycles. The summed E-state index contributed by atoms with van der Waals surface area (Å²) in [5, 5.41) is 7.26. The van der Waals surface area contributed by atoms with Gasteiger partial charge in [-0.3, -0.25) is 9.89 Å². The monoisotopic (exact) mass is 388 g/mol. The lowest BCUT2D eigenvalue weighted by molar-refractivity contribution is -0.00702. The molecule has 150 valence electrons. The molecule has 8 heteroatoms. The van der Waals surface area contributed by atoms with Crippen LogP contribution in [0.15, 0.2) is 18.2 Å². The smallest absolute Gasteiger partial charge is 0.274 e. The van der Waals surface area contributed by atoms with Gasteiger partial charge in [-0.2, -0.15) is 5.10 Å². The van der Waals surface area contributed by atoms with Crippen LogP contribution in [0.2, 0.25) is 0 Å². The number of aromatic nitrogens is 2. The van der Waals surface area contributed by atoms with E-state index in [0.29, 0.717) is 49.7 Å². The topological polar surface area (TPSA) is 70.7 Å². The van der Waals surface area contributed by atoms with Crippen molar-refractivity contribution in [3.05, 3.63) is 41.0 Å². The second kappa shape index (κ2) is 7.43. The summed E-state index contributed by atoms with van der Waals surface area (Å²) in [6, 6.07) is 4.71. The maximum Gasteiger partial charge on any atom is 0.274 e. The number of rotatable bonds is 3. The predicted molar refractivity (Wildman–Crippen MR) is 102 cm³/mol. The summed E-state index contributed by atoms with van der Waals surface area (Å²) < 4.78 is 25.2. The number of methoxy groups -OCH3 is 1. The number of nitrogens with one attached hydrogen (secondary N) is 1. The first-order valence-corrected chi connectivity index (χ1v) is 9.58. The molecule has 2 aliphatic heterocycles. The Balaban J connectivity index is 1.47. The molecule has 2 atom stereocenters. The van der Waals surface area contributed by atoms with Crippen LogP contribution in [0.25, 0.3) is 0 Å². The van der Waals surface area contributed by atoms with Crippen LogP contribution in [0.4, 0.5) is 10.1 Å². The highest BCUT2D eigenvalue weighted by molar-refractivity contribution is 5.94. The normalized spacial score (nSPS) is 22.1. The number of hydrogen-bond donors (Lipinski definition) is 1. The Morgan fingerprint density at radius 3 is 2.75 bits per heavy atom. The van der Waals surface area contributed by atoms with Crippen LogP contribution in [-0.2, 0) is 11.2 Å². The van der Waals surface area contributed by atoms with Gasteiger partial charge in [0.2, 0.25) is 0 Å². The largest absolute Gasteiger partial charge is 0.497 e. The second-order valence-electron chi connectivity index (χ2n) is 7.35. The second-order valence-corrected chi connectivity index (χ2v) is 7.35. The molecule has 0 aliphatic carbocycles. The fourth-order valence-electron chi connectivity index (χ4n) is 4.01. The third-order valence-electron chi connectivity index (χ3n) is 5.50. The molecule has 1 aromatic carbocycles. The lowest BCUT2D eigenvalue weighted by Crippen LogP contribution is -2.49. The zero-order valence-corrected chi connectivity index (χ0v) is 16.4. The van der Waals surface area contributed by atoms with Gasteiger partial charge in [0.25, 0.3) is 5.91 Å². The van der Waals surface area contributed by atoms with E-state index in [2.05, 4.69) is 10.2 Å². The Morgan fingerprint density at radius 1 is 1.29 bits per heavy atom. The molecule has 0 saturated carbocycles. The first kappa shape index (κ1) is 18.7. The van der Waals surface area contributed by atoms with E-state index < -0.39 is 0 Å². The molecule has 3 heterocycles. The van der Waals surface area contributed by atoms with Gasteiger partial charge in [-0.05, 0) is 26.0 Å². The van der Waals surface area contributed by atoms with Gasteiger partial charge in [-0.15, -0.1) is 0 Å². The zero-order valence-electron chi connectivity index (χ0n) is 16.4. The fraction of sp³-hybridized carbons (Fsp3) is 0.500. The molecule has 1 fully saturated rings. The highest BCUT2D eigenvalue weighted by Gasteiger charge is 2.32. The van der Waals surface area contributed by atoms with Crippen molar-refractivity contribution in [3.8, 4) is 5.75 Å². The molecule has 1 amide bonds. The van der Waals surface area contributed by atoms with Gasteiger partial charge in [0.15, 0.2) is 5.69 Å². The molecule has 28 heavy (non-hydrogen) atoms. The summed E-state index contributed by atoms with van der Waals surface area (Å²) in [5.41, 5.74) is 2.83. The van der Waals surface area contributed by atoms with Crippen LogP contribution < -0.4 is 9.64 Å². The summed E-state index contributed by atoms with van der Waals surface area (Å²) in [4.78, 5) is 16.8. The van der Waals surface area contributed by atoms with E-state index in [0.717, 1.165) is 11.3 Å². The summed E-state index contributed by atoms with van der Waals surface area (Å²) in [7, 11) is 1.56. The summed E-state index contributed by atoms with van der Waals surface area (Å²) in [6.45, 7) is 6.10. The van der Waals surface area contributed by atoms with Crippen molar-refractivity contribution in [2.75, 3.05) is 38.2 Å². The van der Waals surface area contributed by atoms with E-state index in [1.54, 1.807) is 24.1 Å². The lowest BCUT2D eigenvalue weighted by Gasteiger charge is -2.36. The van der Waals surface area contributed by atoms with Crippen molar-refractivity contribution >= 4 is 11.6 Å². The van der Waals surface area contributed by atoms with Gasteiger partial charge in [0, 0.05) is 44.2 Å². The molecule has 0 bridgehead atoms. The minimum Gasteiger partial charge on any atom is -0.497 e. The van der Waals surface area contributed by atoms with E-state index in [1.807, 2.05) is 18.7 Å². The van der Waals surface area contributed by atoms with Crippen molar-refractivity contribution in [2.45, 2.75) is 32.5 Å². The Hall–Kier alpha value is -2.61. The summed E-state index contributed by atoms with van der Waals surface area (Å²) >= 11 is 0. The molecule has 4 rings (SSSR count). The van der Waals surface area contributed by atoms with Crippen LogP contribution in [-0.4, -0.2) is 60.4 Å². The lowest BCUT2D eigenvalue weighted by atomic mass is 9.99. The molecule has 0 spiro atoms. The summed E-state index contributed by atoms with van der Waals surface area (Å²) in [6.07, 6.45) is 0.631. The average molecular weight is 388 g/mol. The number of halogens is 1. The van der Waals surface area contributed by atoms with Gasteiger partial charge in [0.05, 0.1) is 30.7 Å². The number of benzene rings is 1. The van der Waals surface area contributed by atoms with E-state index in [4.69, 9.17) is 9.47 Å². The Morgan fingerprint density at radius 2 is 2.04 bits per heavy atom. The van der Waals surface area contributed by atoms with Crippen LogP contribution >= 0.6 is 0 Å². The number of aromatic amines is 1. The number of nitrogens with zero attached hydrogens (tertiary/aromatic N) is 3. The third kappa shape index (κ3) is 3.32. The molecule has 2 aliphatic rings. The number of carbonyl (C=O) groups is 1.